The molecule has 1 aliphatic heterocycles. The third-order valence-electron chi connectivity index (χ3n) is 3.31. The van der Waals surface area contributed by atoms with Crippen molar-refractivity contribution in [2.24, 2.45) is 5.73 Å². The van der Waals surface area contributed by atoms with Crippen molar-refractivity contribution >= 4 is 11.3 Å². The quantitative estimate of drug-likeness (QED) is 0.921. The highest BCUT2D eigenvalue weighted by Crippen LogP contribution is 2.30. The topological polar surface area (TPSA) is 48.1 Å². The van der Waals surface area contributed by atoms with Gasteiger partial charge in [-0.1, -0.05) is 24.3 Å². The van der Waals surface area contributed by atoms with E-state index in [1.807, 2.05) is 11.6 Å². The highest BCUT2D eigenvalue weighted by Gasteiger charge is 2.26. The van der Waals surface area contributed by atoms with Gasteiger partial charge in [-0.15, -0.1) is 11.3 Å². The zero-order valence-electron chi connectivity index (χ0n) is 10.1. The molecule has 0 fully saturated rings. The Morgan fingerprint density at radius 3 is 3.17 bits per heavy atom. The Balaban J connectivity index is 1.80. The minimum Gasteiger partial charge on any atom is -0.372 e. The van der Waals surface area contributed by atoms with Crippen LogP contribution in [0.2, 0.25) is 0 Å². The lowest BCUT2D eigenvalue weighted by atomic mass is 9.92. The molecule has 3 nitrogen and oxygen atoms in total. The van der Waals surface area contributed by atoms with Crippen molar-refractivity contribution in [1.29, 1.82) is 0 Å². The summed E-state index contributed by atoms with van der Waals surface area (Å²) in [4.78, 5) is 4.29. The Bertz CT molecular complexity index is 512. The van der Waals surface area contributed by atoms with E-state index in [-0.39, 0.29) is 12.1 Å². The van der Waals surface area contributed by atoms with Crippen LogP contribution >= 0.6 is 11.3 Å². The first-order valence-electron chi connectivity index (χ1n) is 6.18. The predicted octanol–water partition coefficient (Wildman–Crippen LogP) is 2.33. The molecule has 94 valence electrons. The van der Waals surface area contributed by atoms with E-state index in [0.29, 0.717) is 0 Å². The fourth-order valence-corrected chi connectivity index (χ4v) is 3.13. The van der Waals surface area contributed by atoms with Crippen LogP contribution in [0.15, 0.2) is 35.8 Å². The number of benzene rings is 1. The maximum absolute atomic E-state index is 6.30. The lowest BCUT2D eigenvalue weighted by molar-refractivity contribution is 0.0246. The van der Waals surface area contributed by atoms with Gasteiger partial charge in [-0.05, 0) is 17.5 Å². The van der Waals surface area contributed by atoms with Crippen LogP contribution in [-0.2, 0) is 17.6 Å². The molecule has 3 rings (SSSR count). The maximum atomic E-state index is 6.30. The number of nitrogens with zero attached hydrogens (tertiary/aromatic N) is 1. The molecular weight excluding hydrogens is 244 g/mol. The molecule has 2 aromatic rings. The SMILES string of the molecule is NC(Cc1nccs1)C1OCCc2ccccc21. The molecule has 0 aliphatic carbocycles. The Hall–Kier alpha value is -1.23. The van der Waals surface area contributed by atoms with E-state index in [4.69, 9.17) is 10.5 Å². The molecule has 0 saturated heterocycles. The lowest BCUT2D eigenvalue weighted by Crippen LogP contribution is -2.35. The highest BCUT2D eigenvalue weighted by molar-refractivity contribution is 7.09. The van der Waals surface area contributed by atoms with Gasteiger partial charge in [-0.2, -0.15) is 0 Å². The molecule has 2 unspecified atom stereocenters. The summed E-state index contributed by atoms with van der Waals surface area (Å²) in [6, 6.07) is 8.39. The fraction of sp³-hybridized carbons (Fsp3) is 0.357. The van der Waals surface area contributed by atoms with Gasteiger partial charge in [0.25, 0.3) is 0 Å². The van der Waals surface area contributed by atoms with Gasteiger partial charge >= 0.3 is 0 Å². The van der Waals surface area contributed by atoms with Gasteiger partial charge in [-0.3, -0.25) is 0 Å². The van der Waals surface area contributed by atoms with Crippen molar-refractivity contribution < 1.29 is 4.74 Å². The van der Waals surface area contributed by atoms with Crippen LogP contribution in [0.4, 0.5) is 0 Å². The van der Waals surface area contributed by atoms with Gasteiger partial charge in [0.05, 0.1) is 17.7 Å². The summed E-state index contributed by atoms with van der Waals surface area (Å²) in [6.07, 6.45) is 3.58. The van der Waals surface area contributed by atoms with Crippen LogP contribution in [0.25, 0.3) is 0 Å². The van der Waals surface area contributed by atoms with Crippen LogP contribution in [0, 0.1) is 0 Å². The van der Waals surface area contributed by atoms with Crippen molar-refractivity contribution in [3.8, 4) is 0 Å². The Kier molecular flexibility index (Phi) is 3.41. The van der Waals surface area contributed by atoms with E-state index < -0.39 is 0 Å². The molecule has 1 aromatic carbocycles. The van der Waals surface area contributed by atoms with E-state index in [0.717, 1.165) is 24.5 Å². The monoisotopic (exact) mass is 260 g/mol. The number of rotatable bonds is 3. The molecule has 4 heteroatoms. The van der Waals surface area contributed by atoms with Crippen LogP contribution in [0.1, 0.15) is 22.2 Å². The molecule has 2 N–H and O–H groups in total. The fourth-order valence-electron chi connectivity index (χ4n) is 2.44. The smallest absolute Gasteiger partial charge is 0.0982 e. The van der Waals surface area contributed by atoms with E-state index in [9.17, 15) is 0 Å². The molecule has 0 amide bonds. The number of nitrogens with two attached hydrogens (primary N) is 1. The summed E-state index contributed by atoms with van der Waals surface area (Å²) in [5, 5.41) is 3.06. The van der Waals surface area contributed by atoms with Gasteiger partial charge in [-0.25, -0.2) is 4.98 Å². The first-order valence-corrected chi connectivity index (χ1v) is 7.06. The third kappa shape index (κ3) is 2.32. The number of ether oxygens (including phenoxy) is 1. The number of hydrogen-bond acceptors (Lipinski definition) is 4. The molecule has 1 aliphatic rings. The van der Waals surface area contributed by atoms with E-state index in [1.54, 1.807) is 11.3 Å². The number of hydrogen-bond donors (Lipinski definition) is 1. The van der Waals surface area contributed by atoms with Crippen LogP contribution in [-0.4, -0.2) is 17.6 Å². The zero-order chi connectivity index (χ0) is 12.4. The van der Waals surface area contributed by atoms with Crippen molar-refractivity contribution in [2.75, 3.05) is 6.61 Å². The average molecular weight is 260 g/mol. The summed E-state index contributed by atoms with van der Waals surface area (Å²) in [5.41, 5.74) is 8.90. The second-order valence-corrected chi connectivity index (χ2v) is 5.51. The molecule has 0 bridgehead atoms. The second kappa shape index (κ2) is 5.18. The Morgan fingerprint density at radius 1 is 1.44 bits per heavy atom. The van der Waals surface area contributed by atoms with Crippen molar-refractivity contribution in [3.63, 3.8) is 0 Å². The van der Waals surface area contributed by atoms with E-state index >= 15 is 0 Å². The second-order valence-electron chi connectivity index (χ2n) is 4.53. The molecule has 2 atom stereocenters. The first kappa shape index (κ1) is 11.8. The summed E-state index contributed by atoms with van der Waals surface area (Å²) in [5.74, 6) is 0. The molecule has 0 saturated carbocycles. The number of fused-ring (bicyclic) bond motifs is 1. The van der Waals surface area contributed by atoms with Crippen LogP contribution in [0.5, 0.6) is 0 Å². The lowest BCUT2D eigenvalue weighted by Gasteiger charge is -2.30. The highest BCUT2D eigenvalue weighted by atomic mass is 32.1. The molecule has 18 heavy (non-hydrogen) atoms. The van der Waals surface area contributed by atoms with Crippen molar-refractivity contribution in [2.45, 2.75) is 25.0 Å². The summed E-state index contributed by atoms with van der Waals surface area (Å²) < 4.78 is 5.87. The number of aromatic nitrogens is 1. The van der Waals surface area contributed by atoms with Crippen molar-refractivity contribution in [1.82, 2.24) is 4.98 Å². The number of thiazole rings is 1. The molecular formula is C14H16N2OS. The summed E-state index contributed by atoms with van der Waals surface area (Å²) in [6.45, 7) is 0.757. The van der Waals surface area contributed by atoms with Gasteiger partial charge in [0.15, 0.2) is 0 Å². The zero-order valence-corrected chi connectivity index (χ0v) is 10.9. The molecule has 0 radical (unpaired) electrons. The molecule has 1 aromatic heterocycles. The van der Waals surface area contributed by atoms with Gasteiger partial charge in [0, 0.05) is 24.0 Å². The standard InChI is InChI=1S/C14H16N2OS/c15-12(9-13-16-6-8-18-13)14-11-4-2-1-3-10(11)5-7-17-14/h1-4,6,8,12,14H,5,7,9,15H2. The Morgan fingerprint density at radius 2 is 2.33 bits per heavy atom. The van der Waals surface area contributed by atoms with Gasteiger partial charge in [0.1, 0.15) is 0 Å². The van der Waals surface area contributed by atoms with E-state index in [2.05, 4.69) is 29.2 Å². The Labute approximate surface area is 111 Å². The summed E-state index contributed by atoms with van der Waals surface area (Å²) in [7, 11) is 0. The first-order chi connectivity index (χ1) is 8.84. The maximum Gasteiger partial charge on any atom is 0.0982 e. The van der Waals surface area contributed by atoms with Crippen LogP contribution in [0.3, 0.4) is 0 Å². The normalized spacial score (nSPS) is 20.4. The predicted molar refractivity (Wildman–Crippen MR) is 72.6 cm³/mol. The minimum absolute atomic E-state index is 0.00106. The summed E-state index contributed by atoms with van der Waals surface area (Å²) >= 11 is 1.65. The van der Waals surface area contributed by atoms with E-state index in [1.165, 1.54) is 11.1 Å². The van der Waals surface area contributed by atoms with Crippen molar-refractivity contribution in [3.05, 3.63) is 52.0 Å². The van der Waals surface area contributed by atoms with Gasteiger partial charge in [0.2, 0.25) is 0 Å². The molecule has 2 heterocycles. The van der Waals surface area contributed by atoms with Gasteiger partial charge < -0.3 is 10.5 Å². The average Bonchev–Trinajstić information content (AvgIpc) is 2.91. The third-order valence-corrected chi connectivity index (χ3v) is 4.12. The molecule has 0 spiro atoms. The van der Waals surface area contributed by atoms with Crippen LogP contribution < -0.4 is 5.73 Å². The minimum atomic E-state index is -0.0300. The largest absolute Gasteiger partial charge is 0.372 e.